The summed E-state index contributed by atoms with van der Waals surface area (Å²) in [4.78, 5) is 12.6. The van der Waals surface area contributed by atoms with Crippen LogP contribution < -0.4 is 14.9 Å². The lowest BCUT2D eigenvalue weighted by Crippen LogP contribution is -2.18. The van der Waals surface area contributed by atoms with Gasteiger partial charge in [-0.3, -0.25) is 4.79 Å². The zero-order valence-corrected chi connectivity index (χ0v) is 17.0. The summed E-state index contributed by atoms with van der Waals surface area (Å²) >= 11 is 5.90. The molecule has 3 rings (SSSR count). The molecule has 0 spiro atoms. The number of rotatable bonds is 9. The number of amides is 1. The lowest BCUT2D eigenvalue weighted by atomic mass is 10.2. The number of ether oxygens (including phenoxy) is 2. The molecule has 0 fully saturated rings. The normalized spacial score (nSPS) is 10.6. The van der Waals surface area contributed by atoms with Crippen LogP contribution in [0, 0.1) is 0 Å². The lowest BCUT2D eigenvalue weighted by Gasteiger charge is -2.10. The average Bonchev–Trinajstić information content (AvgIpc) is 2.78. The van der Waals surface area contributed by atoms with Crippen LogP contribution in [0.5, 0.6) is 11.5 Å². The molecule has 1 N–H and O–H groups in total. The molecule has 0 saturated heterocycles. The predicted octanol–water partition coefficient (Wildman–Crippen LogP) is 5.25. The molecule has 0 aliphatic rings. The number of nitrogens with one attached hydrogen (secondary N) is 1. The molecule has 0 aliphatic carbocycles. The van der Waals surface area contributed by atoms with Gasteiger partial charge in [0.2, 0.25) is 0 Å². The van der Waals surface area contributed by atoms with E-state index in [2.05, 4.69) is 17.1 Å². The molecule has 0 radical (unpaired) electrons. The van der Waals surface area contributed by atoms with E-state index >= 15 is 0 Å². The summed E-state index contributed by atoms with van der Waals surface area (Å²) in [5.41, 5.74) is 4.67. The van der Waals surface area contributed by atoms with Gasteiger partial charge in [-0.1, -0.05) is 60.7 Å². The summed E-state index contributed by atoms with van der Waals surface area (Å²) in [6.07, 6.45) is 3.23. The highest BCUT2D eigenvalue weighted by Gasteiger charge is 2.11. The highest BCUT2D eigenvalue weighted by molar-refractivity contribution is 6.30. The third-order valence-electron chi connectivity index (χ3n) is 4.04. The fourth-order valence-electron chi connectivity index (χ4n) is 2.59. The van der Waals surface area contributed by atoms with Crippen molar-refractivity contribution in [1.29, 1.82) is 0 Å². The van der Waals surface area contributed by atoms with E-state index in [4.69, 9.17) is 21.1 Å². The summed E-state index contributed by atoms with van der Waals surface area (Å²) in [5.74, 6) is 0.808. The van der Waals surface area contributed by atoms with Crippen LogP contribution in [0.2, 0.25) is 5.02 Å². The number of nitrogens with zero attached hydrogens (tertiary/aromatic N) is 1. The van der Waals surface area contributed by atoms with Crippen LogP contribution in [0.4, 0.5) is 0 Å². The van der Waals surface area contributed by atoms with E-state index in [0.29, 0.717) is 35.3 Å². The Bertz CT molecular complexity index is 1030. The number of halogens is 1. The van der Waals surface area contributed by atoms with E-state index < -0.39 is 0 Å². The molecular formula is C24H21ClN2O3. The second-order valence-electron chi connectivity index (χ2n) is 6.28. The summed E-state index contributed by atoms with van der Waals surface area (Å²) in [5, 5.41) is 4.70. The smallest absolute Gasteiger partial charge is 0.275 e. The molecule has 0 bridgehead atoms. The molecule has 152 valence electrons. The van der Waals surface area contributed by atoms with Gasteiger partial charge < -0.3 is 9.47 Å². The van der Waals surface area contributed by atoms with Crippen molar-refractivity contribution in [3.63, 3.8) is 0 Å². The van der Waals surface area contributed by atoms with Crippen molar-refractivity contribution in [1.82, 2.24) is 5.43 Å². The molecule has 0 heterocycles. The van der Waals surface area contributed by atoms with Gasteiger partial charge in [0.25, 0.3) is 5.91 Å². The van der Waals surface area contributed by atoms with E-state index in [1.165, 1.54) is 0 Å². The highest BCUT2D eigenvalue weighted by Crippen LogP contribution is 2.20. The number of hydrogen-bond donors (Lipinski definition) is 1. The molecule has 0 aliphatic heterocycles. The molecule has 0 unspecified atom stereocenters. The van der Waals surface area contributed by atoms with Crippen LogP contribution in [0.1, 0.15) is 21.5 Å². The fourth-order valence-corrected chi connectivity index (χ4v) is 2.71. The largest absolute Gasteiger partial charge is 0.490 e. The van der Waals surface area contributed by atoms with Gasteiger partial charge in [-0.2, -0.15) is 5.10 Å². The first-order valence-electron chi connectivity index (χ1n) is 9.29. The molecule has 3 aromatic carbocycles. The minimum absolute atomic E-state index is 0.322. The lowest BCUT2D eigenvalue weighted by molar-refractivity contribution is 0.0950. The zero-order valence-electron chi connectivity index (χ0n) is 16.3. The van der Waals surface area contributed by atoms with Gasteiger partial charge in [-0.25, -0.2) is 5.43 Å². The Hall–Kier alpha value is -3.57. The Labute approximate surface area is 180 Å². The van der Waals surface area contributed by atoms with Crippen molar-refractivity contribution < 1.29 is 14.3 Å². The molecule has 30 heavy (non-hydrogen) atoms. The molecular weight excluding hydrogens is 400 g/mol. The molecule has 0 aromatic heterocycles. The number of para-hydroxylation sites is 1. The van der Waals surface area contributed by atoms with E-state index in [1.54, 1.807) is 42.6 Å². The zero-order chi connectivity index (χ0) is 21.2. The number of benzene rings is 3. The standard InChI is InChI=1S/C24H21ClN2O3/c1-2-14-29-21-7-5-6-19(15-21)16-26-27-24(28)22-8-3-4-9-23(22)30-17-18-10-12-20(25)13-11-18/h2-13,15-16H,1,14,17H2,(H,27,28)/b26-16+. The van der Waals surface area contributed by atoms with Gasteiger partial charge >= 0.3 is 0 Å². The van der Waals surface area contributed by atoms with Crippen LogP contribution in [0.3, 0.4) is 0 Å². The maximum Gasteiger partial charge on any atom is 0.275 e. The van der Waals surface area contributed by atoms with E-state index in [1.807, 2.05) is 42.5 Å². The number of hydrogen-bond acceptors (Lipinski definition) is 4. The first-order valence-corrected chi connectivity index (χ1v) is 9.67. The second kappa shape index (κ2) is 10.8. The fraction of sp³-hybridized carbons (Fsp3) is 0.0833. The highest BCUT2D eigenvalue weighted by atomic mass is 35.5. The van der Waals surface area contributed by atoms with E-state index in [-0.39, 0.29) is 5.91 Å². The molecule has 3 aromatic rings. The van der Waals surface area contributed by atoms with Crippen molar-refractivity contribution in [2.45, 2.75) is 6.61 Å². The van der Waals surface area contributed by atoms with Crippen LogP contribution in [-0.4, -0.2) is 18.7 Å². The van der Waals surface area contributed by atoms with Crippen LogP contribution in [0.15, 0.2) is 90.6 Å². The molecule has 0 atom stereocenters. The van der Waals surface area contributed by atoms with Crippen molar-refractivity contribution >= 4 is 23.7 Å². The maximum absolute atomic E-state index is 12.6. The minimum Gasteiger partial charge on any atom is -0.490 e. The summed E-state index contributed by atoms with van der Waals surface area (Å²) in [6.45, 7) is 4.36. The third-order valence-corrected chi connectivity index (χ3v) is 4.30. The summed E-state index contributed by atoms with van der Waals surface area (Å²) in [7, 11) is 0. The molecule has 5 nitrogen and oxygen atoms in total. The van der Waals surface area contributed by atoms with Crippen molar-refractivity contribution in [3.8, 4) is 11.5 Å². The Morgan fingerprint density at radius 2 is 1.83 bits per heavy atom. The monoisotopic (exact) mass is 420 g/mol. The molecule has 6 heteroatoms. The molecule has 1 amide bonds. The van der Waals surface area contributed by atoms with Crippen LogP contribution in [0.25, 0.3) is 0 Å². The Morgan fingerprint density at radius 1 is 1.03 bits per heavy atom. The van der Waals surface area contributed by atoms with Gasteiger partial charge in [-0.15, -0.1) is 0 Å². The van der Waals surface area contributed by atoms with Gasteiger partial charge in [0, 0.05) is 5.02 Å². The van der Waals surface area contributed by atoms with Crippen LogP contribution >= 0.6 is 11.6 Å². The SMILES string of the molecule is C=CCOc1cccc(/C=N/NC(=O)c2ccccc2OCc2ccc(Cl)cc2)c1. The summed E-state index contributed by atoms with van der Waals surface area (Å²) in [6, 6.07) is 21.7. The average molecular weight is 421 g/mol. The molecule has 0 saturated carbocycles. The third kappa shape index (κ3) is 6.22. The van der Waals surface area contributed by atoms with Crippen molar-refractivity contribution in [2.75, 3.05) is 6.61 Å². The summed E-state index contributed by atoms with van der Waals surface area (Å²) < 4.78 is 11.3. The van der Waals surface area contributed by atoms with Gasteiger partial charge in [0.15, 0.2) is 0 Å². The Morgan fingerprint density at radius 3 is 2.63 bits per heavy atom. The van der Waals surface area contributed by atoms with Crippen LogP contribution in [-0.2, 0) is 6.61 Å². The number of carbonyl (C=O) groups excluding carboxylic acids is 1. The number of carbonyl (C=O) groups is 1. The Kier molecular flexibility index (Phi) is 7.64. The van der Waals surface area contributed by atoms with Gasteiger partial charge in [0.1, 0.15) is 24.7 Å². The maximum atomic E-state index is 12.6. The van der Waals surface area contributed by atoms with E-state index in [0.717, 1.165) is 11.1 Å². The van der Waals surface area contributed by atoms with E-state index in [9.17, 15) is 4.79 Å². The minimum atomic E-state index is -0.364. The first-order chi connectivity index (χ1) is 14.7. The first kappa shape index (κ1) is 21.1. The van der Waals surface area contributed by atoms with Gasteiger partial charge in [0.05, 0.1) is 11.8 Å². The van der Waals surface area contributed by atoms with Crippen molar-refractivity contribution in [3.05, 3.63) is 107 Å². The Balaban J connectivity index is 1.62. The van der Waals surface area contributed by atoms with Crippen molar-refractivity contribution in [2.24, 2.45) is 5.10 Å². The topological polar surface area (TPSA) is 59.9 Å². The predicted molar refractivity (Wildman–Crippen MR) is 119 cm³/mol. The number of hydrazone groups is 1. The van der Waals surface area contributed by atoms with Gasteiger partial charge in [-0.05, 0) is 47.5 Å². The second-order valence-corrected chi connectivity index (χ2v) is 6.72. The quantitative estimate of drug-likeness (QED) is 0.292.